The van der Waals surface area contributed by atoms with Gasteiger partial charge in [-0.3, -0.25) is 0 Å². The van der Waals surface area contributed by atoms with Gasteiger partial charge in [-0.2, -0.15) is 4.98 Å². The van der Waals surface area contributed by atoms with Crippen molar-refractivity contribution in [2.75, 3.05) is 33.1 Å². The highest BCUT2D eigenvalue weighted by molar-refractivity contribution is 5.31. The molecule has 1 aromatic rings. The maximum Gasteiger partial charge on any atom is 0.226 e. The first-order valence-electron chi connectivity index (χ1n) is 6.37. The molecular weight excluding hydrogens is 228 g/mol. The molecule has 18 heavy (non-hydrogen) atoms. The molecule has 100 valence electrons. The Bertz CT molecular complexity index is 415. The van der Waals surface area contributed by atoms with Crippen LogP contribution in [0, 0.1) is 6.92 Å². The molecule has 5 heteroatoms. The van der Waals surface area contributed by atoms with Gasteiger partial charge in [0.05, 0.1) is 7.11 Å². The minimum atomic E-state index is 0.264. The van der Waals surface area contributed by atoms with Crippen molar-refractivity contribution in [1.29, 1.82) is 0 Å². The van der Waals surface area contributed by atoms with Crippen LogP contribution >= 0.6 is 0 Å². The normalized spacial score (nSPS) is 17.4. The minimum absolute atomic E-state index is 0.264. The number of methoxy groups -OCH3 is 1. The molecule has 0 spiro atoms. The molecule has 1 N–H and O–H groups in total. The van der Waals surface area contributed by atoms with Crippen molar-refractivity contribution in [3.63, 3.8) is 0 Å². The first-order chi connectivity index (χ1) is 8.55. The monoisotopic (exact) mass is 250 g/mol. The maximum atomic E-state index is 5.15. The smallest absolute Gasteiger partial charge is 0.226 e. The molecule has 1 aliphatic carbocycles. The SMILES string of the molecule is COc1cc(C)nc(NCC2(N(C)C)CCC2)n1. The highest BCUT2D eigenvalue weighted by Gasteiger charge is 2.38. The molecule has 2 rings (SSSR count). The average Bonchev–Trinajstić information content (AvgIpc) is 2.26. The van der Waals surface area contributed by atoms with Crippen LogP contribution in [0.25, 0.3) is 0 Å². The summed E-state index contributed by atoms with van der Waals surface area (Å²) in [5.41, 5.74) is 1.18. The van der Waals surface area contributed by atoms with Crippen LogP contribution in [0.3, 0.4) is 0 Å². The van der Waals surface area contributed by atoms with Crippen LogP contribution in [-0.4, -0.2) is 48.2 Å². The van der Waals surface area contributed by atoms with E-state index < -0.39 is 0 Å². The molecular formula is C13H22N4O. The largest absolute Gasteiger partial charge is 0.481 e. The molecule has 0 radical (unpaired) electrons. The lowest BCUT2D eigenvalue weighted by Crippen LogP contribution is -2.54. The van der Waals surface area contributed by atoms with Crippen molar-refractivity contribution in [3.8, 4) is 5.88 Å². The summed E-state index contributed by atoms with van der Waals surface area (Å²) in [4.78, 5) is 11.0. The molecule has 1 saturated carbocycles. The fraction of sp³-hybridized carbons (Fsp3) is 0.692. The van der Waals surface area contributed by atoms with Gasteiger partial charge in [0.1, 0.15) is 0 Å². The Balaban J connectivity index is 2.03. The molecule has 1 aromatic heterocycles. The van der Waals surface area contributed by atoms with Gasteiger partial charge in [-0.05, 0) is 40.3 Å². The number of nitrogens with zero attached hydrogens (tertiary/aromatic N) is 3. The van der Waals surface area contributed by atoms with Crippen molar-refractivity contribution >= 4 is 5.95 Å². The molecule has 1 aliphatic rings. The maximum absolute atomic E-state index is 5.15. The Morgan fingerprint density at radius 1 is 1.39 bits per heavy atom. The Hall–Kier alpha value is -1.36. The van der Waals surface area contributed by atoms with E-state index in [1.165, 1.54) is 19.3 Å². The summed E-state index contributed by atoms with van der Waals surface area (Å²) >= 11 is 0. The van der Waals surface area contributed by atoms with Crippen molar-refractivity contribution in [2.45, 2.75) is 31.7 Å². The van der Waals surface area contributed by atoms with Gasteiger partial charge in [0, 0.05) is 23.8 Å². The zero-order chi connectivity index (χ0) is 13.2. The van der Waals surface area contributed by atoms with Gasteiger partial charge in [-0.25, -0.2) is 4.98 Å². The van der Waals surface area contributed by atoms with Gasteiger partial charge in [0.2, 0.25) is 11.8 Å². The summed E-state index contributed by atoms with van der Waals surface area (Å²) in [6.45, 7) is 2.83. The van der Waals surface area contributed by atoms with E-state index in [0.717, 1.165) is 12.2 Å². The zero-order valence-electron chi connectivity index (χ0n) is 11.7. The Morgan fingerprint density at radius 3 is 2.61 bits per heavy atom. The van der Waals surface area contributed by atoms with E-state index in [-0.39, 0.29) is 5.54 Å². The number of hydrogen-bond acceptors (Lipinski definition) is 5. The van der Waals surface area contributed by atoms with Gasteiger partial charge in [-0.15, -0.1) is 0 Å². The lowest BCUT2D eigenvalue weighted by Gasteiger charge is -2.47. The van der Waals surface area contributed by atoms with E-state index in [2.05, 4.69) is 34.3 Å². The molecule has 1 heterocycles. The van der Waals surface area contributed by atoms with Crippen molar-refractivity contribution in [1.82, 2.24) is 14.9 Å². The fourth-order valence-corrected chi connectivity index (χ4v) is 2.33. The van der Waals surface area contributed by atoms with Gasteiger partial charge < -0.3 is 15.0 Å². The van der Waals surface area contributed by atoms with Gasteiger partial charge in [-0.1, -0.05) is 0 Å². The molecule has 5 nitrogen and oxygen atoms in total. The quantitative estimate of drug-likeness (QED) is 0.862. The van der Waals surface area contributed by atoms with Crippen molar-refractivity contribution < 1.29 is 4.74 Å². The summed E-state index contributed by atoms with van der Waals surface area (Å²) in [5, 5.41) is 3.34. The Labute approximate surface area is 109 Å². The highest BCUT2D eigenvalue weighted by atomic mass is 16.5. The summed E-state index contributed by atoms with van der Waals surface area (Å²) in [6.07, 6.45) is 3.77. The Morgan fingerprint density at radius 2 is 2.11 bits per heavy atom. The highest BCUT2D eigenvalue weighted by Crippen LogP contribution is 2.36. The van der Waals surface area contributed by atoms with Crippen LogP contribution < -0.4 is 10.1 Å². The molecule has 0 amide bonds. The van der Waals surface area contributed by atoms with E-state index in [1.54, 1.807) is 7.11 Å². The first-order valence-corrected chi connectivity index (χ1v) is 6.37. The van der Waals surface area contributed by atoms with Gasteiger partial charge in [0.25, 0.3) is 0 Å². The van der Waals surface area contributed by atoms with Crippen LogP contribution in [0.15, 0.2) is 6.07 Å². The number of aryl methyl sites for hydroxylation is 1. The second-order valence-corrected chi connectivity index (χ2v) is 5.20. The standard InChI is InChI=1S/C13H22N4O/c1-10-8-11(18-4)16-12(15-10)14-9-13(17(2)3)6-5-7-13/h8H,5-7,9H2,1-4H3,(H,14,15,16). The third kappa shape index (κ3) is 2.56. The number of ether oxygens (including phenoxy) is 1. The van der Waals surface area contributed by atoms with Crippen LogP contribution in [0.5, 0.6) is 5.88 Å². The summed E-state index contributed by atoms with van der Waals surface area (Å²) < 4.78 is 5.15. The number of anilines is 1. The zero-order valence-corrected chi connectivity index (χ0v) is 11.7. The topological polar surface area (TPSA) is 50.3 Å². The third-order valence-corrected chi connectivity index (χ3v) is 3.85. The van der Waals surface area contributed by atoms with E-state index in [9.17, 15) is 0 Å². The van der Waals surface area contributed by atoms with E-state index >= 15 is 0 Å². The lowest BCUT2D eigenvalue weighted by atomic mass is 9.75. The predicted octanol–water partition coefficient (Wildman–Crippen LogP) is 1.69. The molecule has 0 aliphatic heterocycles. The summed E-state index contributed by atoms with van der Waals surface area (Å²) in [5.74, 6) is 1.26. The minimum Gasteiger partial charge on any atom is -0.481 e. The van der Waals surface area contributed by atoms with Crippen LogP contribution in [0.1, 0.15) is 25.0 Å². The number of aromatic nitrogens is 2. The summed E-state index contributed by atoms with van der Waals surface area (Å²) in [6, 6.07) is 1.83. The van der Waals surface area contributed by atoms with Crippen LogP contribution in [0.2, 0.25) is 0 Å². The summed E-state index contributed by atoms with van der Waals surface area (Å²) in [7, 11) is 5.90. The van der Waals surface area contributed by atoms with Crippen LogP contribution in [0.4, 0.5) is 5.95 Å². The number of rotatable bonds is 5. The first kappa shape index (κ1) is 13.1. The lowest BCUT2D eigenvalue weighted by molar-refractivity contribution is 0.0737. The molecule has 0 bridgehead atoms. The van der Waals surface area contributed by atoms with E-state index in [4.69, 9.17) is 4.74 Å². The Kier molecular flexibility index (Phi) is 3.71. The third-order valence-electron chi connectivity index (χ3n) is 3.85. The average molecular weight is 250 g/mol. The molecule has 0 saturated heterocycles. The van der Waals surface area contributed by atoms with Crippen molar-refractivity contribution in [3.05, 3.63) is 11.8 Å². The van der Waals surface area contributed by atoms with Crippen LogP contribution in [-0.2, 0) is 0 Å². The second kappa shape index (κ2) is 5.10. The predicted molar refractivity (Wildman–Crippen MR) is 72.1 cm³/mol. The molecule has 0 atom stereocenters. The number of likely N-dealkylation sites (N-methyl/N-ethyl adjacent to an activating group) is 1. The van der Waals surface area contributed by atoms with Gasteiger partial charge >= 0.3 is 0 Å². The molecule has 0 aromatic carbocycles. The fourth-order valence-electron chi connectivity index (χ4n) is 2.33. The molecule has 1 fully saturated rings. The van der Waals surface area contributed by atoms with Gasteiger partial charge in [0.15, 0.2) is 0 Å². The van der Waals surface area contributed by atoms with E-state index in [0.29, 0.717) is 11.8 Å². The van der Waals surface area contributed by atoms with Crippen molar-refractivity contribution in [2.24, 2.45) is 0 Å². The molecule has 0 unspecified atom stereocenters. The van der Waals surface area contributed by atoms with E-state index in [1.807, 2.05) is 13.0 Å². The second-order valence-electron chi connectivity index (χ2n) is 5.20. The number of hydrogen-bond donors (Lipinski definition) is 1. The number of nitrogens with one attached hydrogen (secondary N) is 1.